The second-order valence-electron chi connectivity index (χ2n) is 9.02. The van der Waals surface area contributed by atoms with Crippen LogP contribution in [0.5, 0.6) is 11.5 Å². The van der Waals surface area contributed by atoms with E-state index in [0.717, 1.165) is 39.3 Å². The molecule has 2 aromatic carbocycles. The van der Waals surface area contributed by atoms with Gasteiger partial charge < -0.3 is 24.4 Å². The van der Waals surface area contributed by atoms with Gasteiger partial charge in [-0.3, -0.25) is 0 Å². The molecule has 1 atom stereocenters. The maximum atomic E-state index is 14.3. The van der Waals surface area contributed by atoms with Crippen LogP contribution in [0, 0.1) is 11.2 Å². The molecule has 0 saturated carbocycles. The van der Waals surface area contributed by atoms with Gasteiger partial charge in [-0.2, -0.15) is 0 Å². The Kier molecular flexibility index (Phi) is 6.72. The smallest absolute Gasteiger partial charge is 0.162 e. The molecule has 1 spiro atoms. The van der Waals surface area contributed by atoms with Gasteiger partial charge in [-0.1, -0.05) is 11.6 Å². The molecule has 2 fully saturated rings. The van der Waals surface area contributed by atoms with E-state index in [4.69, 9.17) is 25.8 Å². The molecule has 1 N–H and O–H groups in total. The molecule has 2 aliphatic rings. The number of anilines is 2. The summed E-state index contributed by atoms with van der Waals surface area (Å²) in [5, 5.41) is 4.15. The summed E-state index contributed by atoms with van der Waals surface area (Å²) in [6, 6.07) is 7.97. The van der Waals surface area contributed by atoms with Crippen molar-refractivity contribution in [3.05, 3.63) is 47.5 Å². The zero-order valence-electron chi connectivity index (χ0n) is 19.2. The third-order valence-electron chi connectivity index (χ3n) is 6.68. The van der Waals surface area contributed by atoms with Gasteiger partial charge in [0.15, 0.2) is 11.5 Å². The first-order valence-corrected chi connectivity index (χ1v) is 11.9. The van der Waals surface area contributed by atoms with Crippen molar-refractivity contribution >= 4 is 34.0 Å². The number of methoxy groups -OCH3 is 1. The van der Waals surface area contributed by atoms with Crippen LogP contribution in [0.4, 0.5) is 15.9 Å². The zero-order valence-corrected chi connectivity index (χ0v) is 19.9. The van der Waals surface area contributed by atoms with Crippen molar-refractivity contribution in [2.75, 3.05) is 51.9 Å². The van der Waals surface area contributed by atoms with Crippen LogP contribution < -0.4 is 14.8 Å². The fraction of sp³-hybridized carbons (Fsp3) is 0.440. The molecular weight excluding hydrogens is 459 g/mol. The molecule has 0 aliphatic carbocycles. The number of nitrogens with one attached hydrogen (secondary N) is 1. The molecule has 0 bridgehead atoms. The van der Waals surface area contributed by atoms with E-state index >= 15 is 0 Å². The Morgan fingerprint density at radius 1 is 1.21 bits per heavy atom. The van der Waals surface area contributed by atoms with E-state index in [1.807, 2.05) is 6.07 Å². The summed E-state index contributed by atoms with van der Waals surface area (Å²) >= 11 is 6.03. The van der Waals surface area contributed by atoms with Gasteiger partial charge in [0.2, 0.25) is 0 Å². The van der Waals surface area contributed by atoms with Crippen molar-refractivity contribution in [3.8, 4) is 11.5 Å². The Labute approximate surface area is 203 Å². The van der Waals surface area contributed by atoms with E-state index in [0.29, 0.717) is 45.3 Å². The number of nitrogens with zero attached hydrogens (tertiary/aromatic N) is 3. The topological polar surface area (TPSA) is 68.7 Å². The van der Waals surface area contributed by atoms with Gasteiger partial charge in [-0.15, -0.1) is 0 Å². The van der Waals surface area contributed by atoms with Crippen molar-refractivity contribution in [1.29, 1.82) is 0 Å². The first-order valence-electron chi connectivity index (χ1n) is 11.5. The first-order chi connectivity index (χ1) is 16.5. The predicted molar refractivity (Wildman–Crippen MR) is 130 cm³/mol. The van der Waals surface area contributed by atoms with Crippen LogP contribution in [0.25, 0.3) is 10.9 Å². The Hall–Kier alpha value is -2.68. The Morgan fingerprint density at radius 2 is 2.12 bits per heavy atom. The van der Waals surface area contributed by atoms with Crippen LogP contribution >= 0.6 is 11.6 Å². The summed E-state index contributed by atoms with van der Waals surface area (Å²) in [7, 11) is 1.60. The van der Waals surface area contributed by atoms with Crippen LogP contribution in [0.2, 0.25) is 5.02 Å². The Bertz CT molecular complexity index is 1170. The molecule has 0 amide bonds. The van der Waals surface area contributed by atoms with Crippen LogP contribution in [-0.4, -0.2) is 61.4 Å². The summed E-state index contributed by atoms with van der Waals surface area (Å²) in [6.45, 7) is 5.56. The van der Waals surface area contributed by atoms with Crippen molar-refractivity contribution in [1.82, 2.24) is 14.9 Å². The van der Waals surface area contributed by atoms with Crippen molar-refractivity contribution < 1.29 is 18.6 Å². The minimum atomic E-state index is -0.422. The molecule has 1 aromatic heterocycles. The number of ether oxygens (including phenoxy) is 3. The summed E-state index contributed by atoms with van der Waals surface area (Å²) in [6.07, 6.45) is 4.72. The molecule has 34 heavy (non-hydrogen) atoms. The monoisotopic (exact) mass is 486 g/mol. The van der Waals surface area contributed by atoms with E-state index in [1.54, 1.807) is 13.2 Å². The lowest BCUT2D eigenvalue weighted by Gasteiger charge is -2.22. The molecule has 3 aromatic rings. The largest absolute Gasteiger partial charge is 0.493 e. The fourth-order valence-electron chi connectivity index (χ4n) is 4.82. The number of hydrogen-bond acceptors (Lipinski definition) is 7. The number of fused-ring (bicyclic) bond motifs is 1. The highest BCUT2D eigenvalue weighted by molar-refractivity contribution is 6.30. The van der Waals surface area contributed by atoms with Gasteiger partial charge in [0.25, 0.3) is 0 Å². The summed E-state index contributed by atoms with van der Waals surface area (Å²) in [5.41, 5.74) is 1.26. The van der Waals surface area contributed by atoms with Gasteiger partial charge in [0.05, 0.1) is 31.5 Å². The number of benzene rings is 2. The molecule has 1 unspecified atom stereocenters. The number of likely N-dealkylation sites (tertiary alicyclic amines) is 1. The van der Waals surface area contributed by atoms with E-state index in [-0.39, 0.29) is 5.69 Å². The standard InChI is InChI=1S/C25H28ClFN4O3/c1-32-22-13-20-18(24(29-16-28-20)30-21-11-17(26)3-4-19(21)27)12-23(22)34-9-2-7-31-8-5-25(14-31)6-10-33-15-25/h3-4,11-13,16H,2,5-10,14-15H2,1H3,(H,28,29,30). The highest BCUT2D eigenvalue weighted by Crippen LogP contribution is 2.38. The lowest BCUT2D eigenvalue weighted by Crippen LogP contribution is -2.28. The Balaban J connectivity index is 1.28. The van der Waals surface area contributed by atoms with Crippen LogP contribution in [0.1, 0.15) is 19.3 Å². The van der Waals surface area contributed by atoms with Crippen LogP contribution in [0.3, 0.4) is 0 Å². The first kappa shape index (κ1) is 23.1. The lowest BCUT2D eigenvalue weighted by molar-refractivity contribution is 0.151. The van der Waals surface area contributed by atoms with Gasteiger partial charge in [0, 0.05) is 41.6 Å². The van der Waals surface area contributed by atoms with E-state index < -0.39 is 5.82 Å². The van der Waals surface area contributed by atoms with E-state index in [2.05, 4.69) is 20.2 Å². The summed E-state index contributed by atoms with van der Waals surface area (Å²) in [5.74, 6) is 1.23. The maximum absolute atomic E-state index is 14.3. The molecule has 9 heteroatoms. The number of aromatic nitrogens is 2. The highest BCUT2D eigenvalue weighted by Gasteiger charge is 2.40. The van der Waals surface area contributed by atoms with Crippen molar-refractivity contribution in [2.45, 2.75) is 19.3 Å². The molecule has 2 saturated heterocycles. The average molecular weight is 487 g/mol. The minimum Gasteiger partial charge on any atom is -0.493 e. The Morgan fingerprint density at radius 3 is 2.94 bits per heavy atom. The number of halogens is 2. The molecule has 7 nitrogen and oxygen atoms in total. The normalized spacial score (nSPS) is 20.3. The lowest BCUT2D eigenvalue weighted by atomic mass is 9.87. The van der Waals surface area contributed by atoms with Gasteiger partial charge >= 0.3 is 0 Å². The summed E-state index contributed by atoms with van der Waals surface area (Å²) < 4.78 is 31.5. The second-order valence-corrected chi connectivity index (χ2v) is 9.46. The third-order valence-corrected chi connectivity index (χ3v) is 6.92. The van der Waals surface area contributed by atoms with Crippen molar-refractivity contribution in [2.24, 2.45) is 5.41 Å². The van der Waals surface area contributed by atoms with Crippen LogP contribution in [0.15, 0.2) is 36.7 Å². The van der Waals surface area contributed by atoms with Gasteiger partial charge in [-0.05, 0) is 50.1 Å². The van der Waals surface area contributed by atoms with Crippen LogP contribution in [-0.2, 0) is 4.74 Å². The zero-order chi connectivity index (χ0) is 23.5. The molecule has 180 valence electrons. The molecular formula is C25H28ClFN4O3. The minimum absolute atomic E-state index is 0.238. The number of hydrogen-bond donors (Lipinski definition) is 1. The van der Waals surface area contributed by atoms with Gasteiger partial charge in [0.1, 0.15) is 18.0 Å². The fourth-order valence-corrected chi connectivity index (χ4v) is 4.99. The molecule has 0 radical (unpaired) electrons. The third kappa shape index (κ3) is 4.89. The predicted octanol–water partition coefficient (Wildman–Crippen LogP) is 5.06. The highest BCUT2D eigenvalue weighted by atomic mass is 35.5. The number of rotatable bonds is 8. The molecule has 3 heterocycles. The maximum Gasteiger partial charge on any atom is 0.162 e. The SMILES string of the molecule is COc1cc2ncnc(Nc3cc(Cl)ccc3F)c2cc1OCCCN1CCC2(CCOC2)C1. The van der Waals surface area contributed by atoms with Crippen molar-refractivity contribution in [3.63, 3.8) is 0 Å². The second kappa shape index (κ2) is 9.90. The van der Waals surface area contributed by atoms with Gasteiger partial charge in [-0.25, -0.2) is 14.4 Å². The molecule has 2 aliphatic heterocycles. The quantitative estimate of drug-likeness (QED) is 0.446. The van der Waals surface area contributed by atoms with E-state index in [1.165, 1.54) is 37.4 Å². The van der Waals surface area contributed by atoms with E-state index in [9.17, 15) is 4.39 Å². The average Bonchev–Trinajstić information content (AvgIpc) is 3.48. The molecule has 5 rings (SSSR count). The summed E-state index contributed by atoms with van der Waals surface area (Å²) in [4.78, 5) is 11.1.